The Morgan fingerprint density at radius 2 is 1.69 bits per heavy atom. The maximum absolute atomic E-state index is 5.83. The topological polar surface area (TPSA) is 74.2 Å². The highest BCUT2D eigenvalue weighted by molar-refractivity contribution is 5.63. The molecule has 0 unspecified atom stereocenters. The van der Waals surface area contributed by atoms with Gasteiger partial charge in [-0.05, 0) is 31.2 Å². The van der Waals surface area contributed by atoms with Crippen LogP contribution in [-0.2, 0) is 6.42 Å². The van der Waals surface area contributed by atoms with Crippen molar-refractivity contribution >= 4 is 0 Å². The largest absolute Gasteiger partial charge is 0.496 e. The molecule has 0 N–H and O–H groups in total. The summed E-state index contributed by atoms with van der Waals surface area (Å²) in [6, 6.07) is 17.3. The minimum Gasteiger partial charge on any atom is -0.496 e. The number of ether oxygens (including phenoxy) is 1. The standard InChI is InChI=1S/C20H17N3O3/c1-13-16(21-20(25-13)15-10-6-7-11-17(15)24-2)12-18-22-19(26-23-18)14-8-4-3-5-9-14/h3-11H,12H2,1-2H3. The summed E-state index contributed by atoms with van der Waals surface area (Å²) in [5.74, 6) is 3.00. The molecule has 0 amide bonds. The van der Waals surface area contributed by atoms with Gasteiger partial charge in [0.1, 0.15) is 11.5 Å². The number of hydrogen-bond donors (Lipinski definition) is 0. The molecule has 4 rings (SSSR count). The zero-order valence-corrected chi connectivity index (χ0v) is 14.5. The Kier molecular flexibility index (Phi) is 4.23. The van der Waals surface area contributed by atoms with Crippen molar-refractivity contribution in [2.45, 2.75) is 13.3 Å². The summed E-state index contributed by atoms with van der Waals surface area (Å²) in [6.45, 7) is 1.87. The first kappa shape index (κ1) is 16.1. The zero-order chi connectivity index (χ0) is 17.9. The fraction of sp³-hybridized carbons (Fsp3) is 0.150. The summed E-state index contributed by atoms with van der Waals surface area (Å²) in [7, 11) is 1.62. The summed E-state index contributed by atoms with van der Waals surface area (Å²) in [6.07, 6.45) is 0.431. The molecule has 4 aromatic rings. The molecule has 0 aliphatic rings. The van der Waals surface area contributed by atoms with Crippen LogP contribution in [0.4, 0.5) is 0 Å². The lowest BCUT2D eigenvalue weighted by atomic mass is 10.2. The van der Waals surface area contributed by atoms with E-state index in [1.807, 2.05) is 61.5 Å². The Morgan fingerprint density at radius 3 is 2.50 bits per heavy atom. The second-order valence-corrected chi connectivity index (χ2v) is 5.78. The molecule has 0 aliphatic carbocycles. The van der Waals surface area contributed by atoms with Crippen LogP contribution in [0.1, 0.15) is 17.3 Å². The van der Waals surface area contributed by atoms with Crippen molar-refractivity contribution in [3.05, 3.63) is 71.9 Å². The van der Waals surface area contributed by atoms with E-state index < -0.39 is 0 Å². The predicted octanol–water partition coefficient (Wildman–Crippen LogP) is 4.30. The number of nitrogens with zero attached hydrogens (tertiary/aromatic N) is 3. The first-order valence-corrected chi connectivity index (χ1v) is 8.22. The molecular weight excluding hydrogens is 330 g/mol. The molecular formula is C20H17N3O3. The summed E-state index contributed by atoms with van der Waals surface area (Å²) >= 11 is 0. The van der Waals surface area contributed by atoms with E-state index in [-0.39, 0.29) is 0 Å². The first-order chi connectivity index (χ1) is 12.7. The lowest BCUT2D eigenvalue weighted by Crippen LogP contribution is -1.94. The van der Waals surface area contributed by atoms with Gasteiger partial charge < -0.3 is 13.7 Å². The number of para-hydroxylation sites is 1. The van der Waals surface area contributed by atoms with Crippen LogP contribution in [-0.4, -0.2) is 22.2 Å². The van der Waals surface area contributed by atoms with Gasteiger partial charge in [-0.3, -0.25) is 0 Å². The van der Waals surface area contributed by atoms with Crippen LogP contribution in [0.25, 0.3) is 22.9 Å². The number of oxazole rings is 1. The first-order valence-electron chi connectivity index (χ1n) is 8.22. The average molecular weight is 347 g/mol. The van der Waals surface area contributed by atoms with E-state index in [9.17, 15) is 0 Å². The third-order valence-corrected chi connectivity index (χ3v) is 4.04. The van der Waals surface area contributed by atoms with Crippen LogP contribution in [0.2, 0.25) is 0 Å². The third-order valence-electron chi connectivity index (χ3n) is 4.04. The number of benzene rings is 2. The number of hydrogen-bond acceptors (Lipinski definition) is 6. The van der Waals surface area contributed by atoms with Crippen LogP contribution >= 0.6 is 0 Å². The van der Waals surface area contributed by atoms with Crippen LogP contribution in [0.15, 0.2) is 63.5 Å². The van der Waals surface area contributed by atoms with Gasteiger partial charge in [0.25, 0.3) is 5.89 Å². The molecule has 2 aromatic heterocycles. The number of aromatic nitrogens is 3. The highest BCUT2D eigenvalue weighted by Gasteiger charge is 2.17. The van der Waals surface area contributed by atoms with E-state index in [1.165, 1.54) is 0 Å². The Morgan fingerprint density at radius 1 is 0.923 bits per heavy atom. The van der Waals surface area contributed by atoms with Gasteiger partial charge in [-0.1, -0.05) is 35.5 Å². The van der Waals surface area contributed by atoms with Crippen molar-refractivity contribution in [2.75, 3.05) is 7.11 Å². The molecule has 0 saturated heterocycles. The lowest BCUT2D eigenvalue weighted by molar-refractivity contribution is 0.414. The van der Waals surface area contributed by atoms with E-state index in [2.05, 4.69) is 15.1 Å². The van der Waals surface area contributed by atoms with Crippen molar-refractivity contribution in [1.82, 2.24) is 15.1 Å². The summed E-state index contributed by atoms with van der Waals surface area (Å²) in [5, 5.41) is 4.05. The lowest BCUT2D eigenvalue weighted by Gasteiger charge is -2.03. The van der Waals surface area contributed by atoms with E-state index in [0.29, 0.717) is 29.8 Å². The minimum atomic E-state index is 0.431. The van der Waals surface area contributed by atoms with Gasteiger partial charge in [-0.2, -0.15) is 4.98 Å². The molecule has 0 radical (unpaired) electrons. The Labute approximate surface area is 150 Å². The molecule has 26 heavy (non-hydrogen) atoms. The van der Waals surface area contributed by atoms with Crippen LogP contribution < -0.4 is 4.74 Å². The number of aryl methyl sites for hydroxylation is 1. The van der Waals surface area contributed by atoms with Gasteiger partial charge in [0.15, 0.2) is 5.82 Å². The molecule has 0 aliphatic heterocycles. The quantitative estimate of drug-likeness (QED) is 0.536. The molecule has 0 bridgehead atoms. The highest BCUT2D eigenvalue weighted by atomic mass is 16.5. The molecule has 6 nitrogen and oxygen atoms in total. The zero-order valence-electron chi connectivity index (χ0n) is 14.5. The van der Waals surface area contributed by atoms with E-state index in [4.69, 9.17) is 13.7 Å². The Bertz CT molecular complexity index is 1020. The van der Waals surface area contributed by atoms with Crippen LogP contribution in [0, 0.1) is 6.92 Å². The van der Waals surface area contributed by atoms with Crippen molar-refractivity contribution in [3.63, 3.8) is 0 Å². The minimum absolute atomic E-state index is 0.431. The van der Waals surface area contributed by atoms with Crippen molar-refractivity contribution in [3.8, 4) is 28.7 Å². The highest BCUT2D eigenvalue weighted by Crippen LogP contribution is 2.30. The number of methoxy groups -OCH3 is 1. The third kappa shape index (κ3) is 3.09. The van der Waals surface area contributed by atoms with Gasteiger partial charge in [-0.25, -0.2) is 4.98 Å². The SMILES string of the molecule is COc1ccccc1-c1nc(Cc2noc(-c3ccccc3)n2)c(C)o1. The van der Waals surface area contributed by atoms with Crippen molar-refractivity contribution in [1.29, 1.82) is 0 Å². The van der Waals surface area contributed by atoms with Gasteiger partial charge in [0.2, 0.25) is 5.89 Å². The Balaban J connectivity index is 1.60. The van der Waals surface area contributed by atoms with Crippen molar-refractivity contribution in [2.24, 2.45) is 0 Å². The second-order valence-electron chi connectivity index (χ2n) is 5.78. The molecule has 0 saturated carbocycles. The van der Waals surface area contributed by atoms with E-state index in [0.717, 1.165) is 22.6 Å². The normalized spacial score (nSPS) is 10.8. The predicted molar refractivity (Wildman–Crippen MR) is 95.8 cm³/mol. The van der Waals surface area contributed by atoms with Gasteiger partial charge in [0, 0.05) is 5.56 Å². The smallest absolute Gasteiger partial charge is 0.257 e. The molecule has 2 heterocycles. The average Bonchev–Trinajstić information content (AvgIpc) is 3.30. The molecule has 6 heteroatoms. The molecule has 0 atom stereocenters. The van der Waals surface area contributed by atoms with E-state index >= 15 is 0 Å². The molecule has 0 fully saturated rings. The van der Waals surface area contributed by atoms with E-state index in [1.54, 1.807) is 7.11 Å². The summed E-state index contributed by atoms with van der Waals surface area (Å²) in [5.41, 5.74) is 2.46. The van der Waals surface area contributed by atoms with Gasteiger partial charge in [0.05, 0.1) is 24.8 Å². The summed E-state index contributed by atoms with van der Waals surface area (Å²) < 4.78 is 16.6. The number of rotatable bonds is 5. The fourth-order valence-electron chi connectivity index (χ4n) is 2.70. The Hall–Kier alpha value is -3.41. The summed E-state index contributed by atoms with van der Waals surface area (Å²) in [4.78, 5) is 9.05. The van der Waals surface area contributed by atoms with Crippen LogP contribution in [0.3, 0.4) is 0 Å². The van der Waals surface area contributed by atoms with Crippen molar-refractivity contribution < 1.29 is 13.7 Å². The van der Waals surface area contributed by atoms with Gasteiger partial charge in [-0.15, -0.1) is 0 Å². The maximum Gasteiger partial charge on any atom is 0.257 e. The van der Waals surface area contributed by atoms with Crippen LogP contribution in [0.5, 0.6) is 5.75 Å². The monoisotopic (exact) mass is 347 g/mol. The molecule has 130 valence electrons. The second kappa shape index (κ2) is 6.84. The maximum atomic E-state index is 5.83. The fourth-order valence-corrected chi connectivity index (χ4v) is 2.70. The molecule has 2 aromatic carbocycles. The van der Waals surface area contributed by atoms with Gasteiger partial charge >= 0.3 is 0 Å². The molecule has 0 spiro atoms.